The van der Waals surface area contributed by atoms with Crippen molar-refractivity contribution < 1.29 is 33.3 Å². The van der Waals surface area contributed by atoms with Crippen molar-refractivity contribution in [2.45, 2.75) is 13.8 Å². The number of thiazole rings is 1. The Hall–Kier alpha value is -2.61. The number of hydrogen-bond acceptors (Lipinski definition) is 10. The van der Waals surface area contributed by atoms with Crippen LogP contribution < -0.4 is 21.1 Å². The molecule has 0 fully saturated rings. The van der Waals surface area contributed by atoms with Gasteiger partial charge in [0.2, 0.25) is 0 Å². The van der Waals surface area contributed by atoms with Crippen molar-refractivity contribution in [1.82, 2.24) is 10.3 Å². The van der Waals surface area contributed by atoms with Gasteiger partial charge in [-0.05, 0) is 37.6 Å². The molecule has 2 rings (SSSR count). The summed E-state index contributed by atoms with van der Waals surface area (Å²) < 4.78 is 26.9. The predicted octanol–water partition coefficient (Wildman–Crippen LogP) is 1.53. The quantitative estimate of drug-likeness (QED) is 0.233. The zero-order valence-corrected chi connectivity index (χ0v) is 21.7. The van der Waals surface area contributed by atoms with Crippen molar-refractivity contribution in [3.8, 4) is 5.75 Å². The van der Waals surface area contributed by atoms with Crippen LogP contribution in [0.1, 0.15) is 20.8 Å². The zero-order chi connectivity index (χ0) is 26.0. The lowest BCUT2D eigenvalue weighted by atomic mass is 10.1. The Labute approximate surface area is 215 Å². The highest BCUT2D eigenvalue weighted by molar-refractivity contribution is 7.15. The van der Waals surface area contributed by atoms with Gasteiger partial charge in [-0.25, -0.2) is 4.98 Å². The van der Waals surface area contributed by atoms with E-state index >= 15 is 0 Å². The van der Waals surface area contributed by atoms with Gasteiger partial charge in [-0.1, -0.05) is 0 Å². The predicted molar refractivity (Wildman–Crippen MR) is 137 cm³/mol. The minimum atomic E-state index is -0.263. The molecule has 2 aromatic rings. The number of carbonyl (C=O) groups excluding carboxylic acids is 2. The summed E-state index contributed by atoms with van der Waals surface area (Å²) in [6.45, 7) is 8.24. The van der Waals surface area contributed by atoms with Gasteiger partial charge >= 0.3 is 0 Å². The van der Waals surface area contributed by atoms with Crippen LogP contribution in [0.3, 0.4) is 0 Å². The molecule has 12 heteroatoms. The van der Waals surface area contributed by atoms with Crippen LogP contribution in [0.4, 0.5) is 5.13 Å². The van der Waals surface area contributed by atoms with E-state index in [9.17, 15) is 9.59 Å². The molecule has 0 saturated carbocycles. The Morgan fingerprint density at radius 1 is 0.944 bits per heavy atom. The Kier molecular flexibility index (Phi) is 14.6. The molecule has 4 N–H and O–H groups in total. The highest BCUT2D eigenvalue weighted by Crippen LogP contribution is 2.21. The minimum Gasteiger partial charge on any atom is -0.484 e. The number of benzene rings is 1. The molecule has 0 unspecified atom stereocenters. The Morgan fingerprint density at radius 3 is 2.17 bits per heavy atom. The van der Waals surface area contributed by atoms with Crippen molar-refractivity contribution in [3.05, 3.63) is 40.4 Å². The summed E-state index contributed by atoms with van der Waals surface area (Å²) in [5, 5.41) is 6.06. The minimum absolute atomic E-state index is 0.135. The molecule has 0 saturated heterocycles. The first-order valence-corrected chi connectivity index (χ1v) is 12.6. The number of hydrogen-bond donors (Lipinski definition) is 3. The maximum atomic E-state index is 12.5. The molecule has 0 aliphatic carbocycles. The first kappa shape index (κ1) is 29.6. The molecule has 0 radical (unpaired) electrons. The summed E-state index contributed by atoms with van der Waals surface area (Å²) in [6, 6.07) is 5.05. The normalized spacial score (nSPS) is 10.9. The van der Waals surface area contributed by atoms with Gasteiger partial charge in [-0.15, -0.1) is 11.3 Å². The number of nitrogens with one attached hydrogen (secondary N) is 2. The molecule has 200 valence electrons. The van der Waals surface area contributed by atoms with Crippen molar-refractivity contribution >= 4 is 28.3 Å². The van der Waals surface area contributed by atoms with Crippen LogP contribution in [0.2, 0.25) is 0 Å². The SMILES string of the molecule is Cc1cnc(NC(=O)c2ccc(OCC(=O)NCCOCCOCCOCCOCCN)cc2C)s1. The fraction of sp³-hybridized carbons (Fsp3) is 0.542. The van der Waals surface area contributed by atoms with Gasteiger partial charge in [-0.2, -0.15) is 0 Å². The molecule has 1 aromatic heterocycles. The zero-order valence-electron chi connectivity index (χ0n) is 20.9. The van der Waals surface area contributed by atoms with Crippen molar-refractivity contribution in [2.24, 2.45) is 5.73 Å². The molecule has 2 amide bonds. The average Bonchev–Trinajstić information content (AvgIpc) is 3.27. The van der Waals surface area contributed by atoms with Crippen LogP contribution in [0.5, 0.6) is 5.75 Å². The molecule has 0 spiro atoms. The van der Waals surface area contributed by atoms with E-state index < -0.39 is 0 Å². The molecule has 0 aliphatic rings. The van der Waals surface area contributed by atoms with Crippen LogP contribution in [0.25, 0.3) is 0 Å². The first-order valence-electron chi connectivity index (χ1n) is 11.7. The van der Waals surface area contributed by atoms with E-state index in [1.807, 2.05) is 13.8 Å². The van der Waals surface area contributed by atoms with Crippen LogP contribution in [0, 0.1) is 13.8 Å². The number of aromatic nitrogens is 1. The molecule has 36 heavy (non-hydrogen) atoms. The molecule has 0 aliphatic heterocycles. The number of nitrogens with two attached hydrogens (primary N) is 1. The lowest BCUT2D eigenvalue weighted by Gasteiger charge is -2.11. The van der Waals surface area contributed by atoms with Gasteiger partial charge in [0.05, 0.1) is 52.9 Å². The third-order valence-electron chi connectivity index (χ3n) is 4.60. The van der Waals surface area contributed by atoms with Crippen LogP contribution >= 0.6 is 11.3 Å². The fourth-order valence-electron chi connectivity index (χ4n) is 2.87. The van der Waals surface area contributed by atoms with Gasteiger partial charge < -0.3 is 34.7 Å². The average molecular weight is 525 g/mol. The van der Waals surface area contributed by atoms with Gasteiger partial charge in [0.15, 0.2) is 11.7 Å². The highest BCUT2D eigenvalue weighted by atomic mass is 32.1. The van der Waals surface area contributed by atoms with E-state index in [4.69, 9.17) is 29.4 Å². The highest BCUT2D eigenvalue weighted by Gasteiger charge is 2.12. The number of carbonyl (C=O) groups is 2. The molecule has 1 heterocycles. The summed E-state index contributed by atoms with van der Waals surface area (Å²) in [4.78, 5) is 29.6. The monoisotopic (exact) mass is 524 g/mol. The topological polar surface area (TPSA) is 143 Å². The van der Waals surface area contributed by atoms with Gasteiger partial charge in [0.1, 0.15) is 5.75 Å². The molecule has 0 atom stereocenters. The van der Waals surface area contributed by atoms with E-state index in [2.05, 4.69) is 15.6 Å². The third kappa shape index (κ3) is 12.4. The van der Waals surface area contributed by atoms with E-state index in [1.54, 1.807) is 24.4 Å². The summed E-state index contributed by atoms with van der Waals surface area (Å²) >= 11 is 1.41. The Morgan fingerprint density at radius 2 is 1.58 bits per heavy atom. The number of amides is 2. The van der Waals surface area contributed by atoms with Gasteiger partial charge in [-0.3, -0.25) is 14.9 Å². The number of anilines is 1. The lowest BCUT2D eigenvalue weighted by Crippen LogP contribution is -2.32. The van der Waals surface area contributed by atoms with Crippen molar-refractivity contribution in [3.63, 3.8) is 0 Å². The largest absolute Gasteiger partial charge is 0.484 e. The maximum absolute atomic E-state index is 12.5. The van der Waals surface area contributed by atoms with E-state index in [1.165, 1.54) is 11.3 Å². The number of nitrogens with zero attached hydrogens (tertiary/aromatic N) is 1. The van der Waals surface area contributed by atoms with Gasteiger partial charge in [0.25, 0.3) is 11.8 Å². The lowest BCUT2D eigenvalue weighted by molar-refractivity contribution is -0.123. The molecular formula is C24H36N4O7S. The summed E-state index contributed by atoms with van der Waals surface area (Å²) in [6.07, 6.45) is 1.71. The van der Waals surface area contributed by atoms with Gasteiger partial charge in [0, 0.05) is 29.7 Å². The van der Waals surface area contributed by atoms with E-state index in [0.717, 1.165) is 10.4 Å². The Bertz CT molecular complexity index is 926. The molecule has 11 nitrogen and oxygen atoms in total. The number of aryl methyl sites for hydroxylation is 2. The van der Waals surface area contributed by atoms with E-state index in [0.29, 0.717) is 82.4 Å². The van der Waals surface area contributed by atoms with E-state index in [-0.39, 0.29) is 18.4 Å². The third-order valence-corrected chi connectivity index (χ3v) is 5.43. The van der Waals surface area contributed by atoms with Crippen molar-refractivity contribution in [1.29, 1.82) is 0 Å². The van der Waals surface area contributed by atoms with Crippen molar-refractivity contribution in [2.75, 3.05) is 77.9 Å². The standard InChI is InChI=1S/C24H36N4O7S/c1-18-15-20(3-4-21(18)23(30)28-24-27-16-19(2)36-24)35-17-22(29)26-6-8-32-10-12-34-14-13-33-11-9-31-7-5-25/h3-4,15-16H,5-14,17,25H2,1-2H3,(H,26,29)(H,27,28,30). The maximum Gasteiger partial charge on any atom is 0.258 e. The van der Waals surface area contributed by atoms with Crippen LogP contribution in [-0.4, -0.2) is 89.3 Å². The second-order valence-electron chi connectivity index (χ2n) is 7.58. The van der Waals surface area contributed by atoms with Crippen LogP contribution in [0.15, 0.2) is 24.4 Å². The smallest absolute Gasteiger partial charge is 0.258 e. The number of rotatable bonds is 19. The summed E-state index contributed by atoms with van der Waals surface area (Å²) in [7, 11) is 0. The fourth-order valence-corrected chi connectivity index (χ4v) is 3.52. The second-order valence-corrected chi connectivity index (χ2v) is 8.82. The Balaban J connectivity index is 1.50. The second kappa shape index (κ2) is 17.8. The summed E-state index contributed by atoms with van der Waals surface area (Å²) in [5.41, 5.74) is 6.57. The molecular weight excluding hydrogens is 488 g/mol. The number of ether oxygens (including phenoxy) is 5. The first-order chi connectivity index (χ1) is 17.5. The molecule has 1 aromatic carbocycles. The van der Waals surface area contributed by atoms with Crippen LogP contribution in [-0.2, 0) is 23.7 Å². The summed E-state index contributed by atoms with van der Waals surface area (Å²) in [5.74, 6) is -0.000145. The molecule has 0 bridgehead atoms.